The third-order valence-electron chi connectivity index (χ3n) is 9.24. The number of pyridine rings is 1. The number of β-amino-alcohol motifs (C(OH)–C–C–N with tert-alkyl or cyclic N) is 1. The number of likely N-dealkylation sites (tertiary alicyclic amines) is 1. The van der Waals surface area contributed by atoms with E-state index in [9.17, 15) is 19.5 Å². The van der Waals surface area contributed by atoms with Gasteiger partial charge >= 0.3 is 6.09 Å². The summed E-state index contributed by atoms with van der Waals surface area (Å²) in [7, 11) is 0. The van der Waals surface area contributed by atoms with Gasteiger partial charge in [-0.3, -0.25) is 14.3 Å². The monoisotopic (exact) mass is 729 g/mol. The number of aliphatic hydroxyl groups is 1. The van der Waals surface area contributed by atoms with Crippen LogP contribution in [0.1, 0.15) is 71.2 Å². The first kappa shape index (κ1) is 37.0. The van der Waals surface area contributed by atoms with Crippen molar-refractivity contribution in [3.8, 4) is 27.4 Å². The number of rotatable bonds is 11. The minimum absolute atomic E-state index is 0.0224. The molecule has 3 N–H and O–H groups in total. The van der Waals surface area contributed by atoms with Crippen LogP contribution in [0.2, 0.25) is 0 Å². The Bertz CT molecular complexity index is 1880. The van der Waals surface area contributed by atoms with E-state index in [1.807, 2.05) is 89.6 Å². The summed E-state index contributed by atoms with van der Waals surface area (Å²) in [5.74, 6) is -0.282. The zero-order valence-electron chi connectivity index (χ0n) is 30.4. The van der Waals surface area contributed by atoms with E-state index in [1.54, 1.807) is 28.4 Å². The first-order valence-corrected chi connectivity index (χ1v) is 18.5. The molecule has 0 spiro atoms. The zero-order valence-corrected chi connectivity index (χ0v) is 31.2. The van der Waals surface area contributed by atoms with Crippen LogP contribution in [0.15, 0.2) is 60.5 Å². The molecular formula is C38H47N7O6S. The second kappa shape index (κ2) is 15.4. The molecule has 14 heteroatoms. The SMILES string of the molecule is Cc1ncsc1-c1ccc(CNC(=O)[C@@H]2C[C@@H](O)CN2C(=O)C(C(C)C)n2cc(-c3ccnc(OC4CC(NC(=O)OC(C)(C)C)C4)c3)cn2)cc1. The van der Waals surface area contributed by atoms with Crippen LogP contribution in [0.4, 0.5) is 4.79 Å². The number of carbonyl (C=O) groups excluding carboxylic acids is 3. The van der Waals surface area contributed by atoms with Crippen LogP contribution < -0.4 is 15.4 Å². The number of amides is 3. The third-order valence-corrected chi connectivity index (χ3v) is 10.2. The topological polar surface area (TPSA) is 161 Å². The third kappa shape index (κ3) is 8.79. The van der Waals surface area contributed by atoms with Gasteiger partial charge in [-0.1, -0.05) is 38.1 Å². The second-order valence-corrected chi connectivity index (χ2v) is 15.8. The van der Waals surface area contributed by atoms with Gasteiger partial charge in [-0.2, -0.15) is 5.10 Å². The van der Waals surface area contributed by atoms with Gasteiger partial charge in [0.05, 0.1) is 28.4 Å². The second-order valence-electron chi connectivity index (χ2n) is 14.9. The molecule has 3 aromatic heterocycles. The van der Waals surface area contributed by atoms with Crippen LogP contribution in [0.5, 0.6) is 5.88 Å². The number of alkyl carbamates (subject to hydrolysis) is 1. The highest BCUT2D eigenvalue weighted by molar-refractivity contribution is 7.13. The highest BCUT2D eigenvalue weighted by Crippen LogP contribution is 2.31. The van der Waals surface area contributed by atoms with E-state index < -0.39 is 29.9 Å². The summed E-state index contributed by atoms with van der Waals surface area (Å²) >= 11 is 1.59. The highest BCUT2D eigenvalue weighted by atomic mass is 32.1. The Morgan fingerprint density at radius 3 is 2.46 bits per heavy atom. The Hall–Kier alpha value is -4.82. The molecule has 6 rings (SSSR count). The Morgan fingerprint density at radius 1 is 1.04 bits per heavy atom. The summed E-state index contributed by atoms with van der Waals surface area (Å²) in [5, 5.41) is 21.0. The van der Waals surface area contributed by atoms with Crippen molar-refractivity contribution in [2.24, 2.45) is 5.92 Å². The number of carbonyl (C=O) groups is 3. The smallest absolute Gasteiger partial charge is 0.407 e. The van der Waals surface area contributed by atoms with E-state index in [-0.39, 0.29) is 42.8 Å². The van der Waals surface area contributed by atoms with Gasteiger partial charge in [0.1, 0.15) is 23.8 Å². The lowest BCUT2D eigenvalue weighted by Crippen LogP contribution is -2.50. The number of nitrogens with zero attached hydrogens (tertiary/aromatic N) is 5. The zero-order chi connectivity index (χ0) is 37.2. The van der Waals surface area contributed by atoms with Crippen LogP contribution in [0.3, 0.4) is 0 Å². The number of hydrogen-bond acceptors (Lipinski definition) is 10. The molecule has 1 aromatic carbocycles. The molecule has 13 nitrogen and oxygen atoms in total. The highest BCUT2D eigenvalue weighted by Gasteiger charge is 2.42. The number of benzene rings is 1. The first-order valence-electron chi connectivity index (χ1n) is 17.7. The number of aryl methyl sites for hydroxylation is 1. The molecule has 3 amide bonds. The van der Waals surface area contributed by atoms with E-state index in [4.69, 9.17) is 9.47 Å². The maximum absolute atomic E-state index is 14.1. The maximum Gasteiger partial charge on any atom is 0.407 e. The summed E-state index contributed by atoms with van der Waals surface area (Å²) in [6, 6.07) is 10.1. The van der Waals surface area contributed by atoms with E-state index in [0.29, 0.717) is 25.3 Å². The standard InChI is InChI=1S/C38H47N7O6S/c1-22(2)33(36(48)44-20-29(46)16-31(44)35(47)40-17-24-7-9-25(10-8-24)34-23(3)41-21-52-34)45-19-27(18-42-45)26-11-12-39-32(13-26)50-30-14-28(15-30)43-37(49)51-38(4,5)6/h7-13,18-19,21-22,28-31,33,46H,14-17,20H2,1-6H3,(H,40,47)(H,43,49)/t28?,29-,30?,31+,33?/m1/s1. The van der Waals surface area contributed by atoms with E-state index >= 15 is 0 Å². The Morgan fingerprint density at radius 2 is 1.79 bits per heavy atom. The molecule has 4 aromatic rings. The van der Waals surface area contributed by atoms with E-state index in [2.05, 4.69) is 25.7 Å². The van der Waals surface area contributed by atoms with Crippen LogP contribution in [0.25, 0.3) is 21.6 Å². The quantitative estimate of drug-likeness (QED) is 0.187. The predicted molar refractivity (Wildman–Crippen MR) is 196 cm³/mol. The fourth-order valence-electron chi connectivity index (χ4n) is 6.56. The van der Waals surface area contributed by atoms with Crippen LogP contribution in [-0.2, 0) is 20.9 Å². The van der Waals surface area contributed by atoms with Gasteiger partial charge < -0.3 is 30.1 Å². The molecular weight excluding hydrogens is 683 g/mol. The molecule has 3 atom stereocenters. The summed E-state index contributed by atoms with van der Waals surface area (Å²) in [4.78, 5) is 50.9. The van der Waals surface area contributed by atoms with Gasteiger partial charge in [0.2, 0.25) is 17.7 Å². The molecule has 0 radical (unpaired) electrons. The molecule has 1 unspecified atom stereocenters. The molecule has 1 aliphatic heterocycles. The fraction of sp³-hybridized carbons (Fsp3) is 0.474. The maximum atomic E-state index is 14.1. The lowest BCUT2D eigenvalue weighted by molar-refractivity contribution is -0.142. The van der Waals surface area contributed by atoms with Crippen molar-refractivity contribution in [1.29, 1.82) is 0 Å². The van der Waals surface area contributed by atoms with E-state index in [0.717, 1.165) is 32.8 Å². The number of nitrogens with one attached hydrogen (secondary N) is 2. The molecule has 4 heterocycles. The summed E-state index contributed by atoms with van der Waals surface area (Å²) < 4.78 is 13.1. The number of hydrogen-bond donors (Lipinski definition) is 3. The molecule has 0 bridgehead atoms. The molecule has 1 aliphatic carbocycles. The van der Waals surface area contributed by atoms with Gasteiger partial charge in [-0.25, -0.2) is 14.8 Å². The number of aliphatic hydroxyl groups excluding tert-OH is 1. The van der Waals surface area contributed by atoms with Gasteiger partial charge in [-0.15, -0.1) is 11.3 Å². The Kier molecular flexibility index (Phi) is 11.0. The minimum atomic E-state index is -0.808. The molecule has 52 heavy (non-hydrogen) atoms. The van der Waals surface area contributed by atoms with Gasteiger partial charge in [-0.05, 0) is 56.4 Å². The van der Waals surface area contributed by atoms with Crippen molar-refractivity contribution in [2.45, 2.75) is 103 Å². The lowest BCUT2D eigenvalue weighted by atomic mass is 9.89. The summed E-state index contributed by atoms with van der Waals surface area (Å²) in [5.41, 5.74) is 5.84. The van der Waals surface area contributed by atoms with Crippen molar-refractivity contribution in [3.63, 3.8) is 0 Å². The molecule has 2 aliphatic rings. The molecule has 1 saturated carbocycles. The van der Waals surface area contributed by atoms with E-state index in [1.165, 1.54) is 4.90 Å². The lowest BCUT2D eigenvalue weighted by Gasteiger charge is -2.35. The first-order chi connectivity index (χ1) is 24.7. The van der Waals surface area contributed by atoms with Crippen molar-refractivity contribution in [2.75, 3.05) is 6.54 Å². The molecule has 2 fully saturated rings. The van der Waals surface area contributed by atoms with Gasteiger partial charge in [0, 0.05) is 62.4 Å². The average molecular weight is 730 g/mol. The minimum Gasteiger partial charge on any atom is -0.474 e. The number of thiazole rings is 1. The number of aromatic nitrogens is 4. The average Bonchev–Trinajstić information content (AvgIpc) is 3.82. The Balaban J connectivity index is 1.07. The fourth-order valence-corrected chi connectivity index (χ4v) is 7.37. The van der Waals surface area contributed by atoms with Crippen molar-refractivity contribution < 1.29 is 29.0 Å². The van der Waals surface area contributed by atoms with Crippen molar-refractivity contribution in [3.05, 3.63) is 71.8 Å². The van der Waals surface area contributed by atoms with Crippen LogP contribution in [0, 0.1) is 12.8 Å². The van der Waals surface area contributed by atoms with Crippen LogP contribution >= 0.6 is 11.3 Å². The predicted octanol–water partition coefficient (Wildman–Crippen LogP) is 5.29. The Labute approximate surface area is 307 Å². The van der Waals surface area contributed by atoms with Crippen LogP contribution in [-0.4, -0.2) is 84.1 Å². The summed E-state index contributed by atoms with van der Waals surface area (Å²) in [6.45, 7) is 11.7. The van der Waals surface area contributed by atoms with Gasteiger partial charge in [0.15, 0.2) is 0 Å². The molecule has 276 valence electrons. The normalized spacial score (nSPS) is 20.7. The van der Waals surface area contributed by atoms with Crippen molar-refractivity contribution >= 4 is 29.2 Å². The van der Waals surface area contributed by atoms with Crippen molar-refractivity contribution in [1.82, 2.24) is 35.3 Å². The largest absolute Gasteiger partial charge is 0.474 e. The summed E-state index contributed by atoms with van der Waals surface area (Å²) in [6.07, 6.45) is 5.28. The number of ether oxygens (including phenoxy) is 2. The molecule has 1 saturated heterocycles. The van der Waals surface area contributed by atoms with Gasteiger partial charge in [0.25, 0.3) is 0 Å².